The molecule has 0 bridgehead atoms. The number of thiocarbonyl (C=S) groups is 1. The predicted octanol–water partition coefficient (Wildman–Crippen LogP) is 3.45. The molecule has 1 atom stereocenters. The van der Waals surface area contributed by atoms with Crippen LogP contribution in [0.1, 0.15) is 30.9 Å². The third-order valence-corrected chi connectivity index (χ3v) is 4.65. The number of hydrogen-bond donors (Lipinski definition) is 1. The number of aliphatic carboxylic acids is 1. The number of hydrogen-bond acceptors (Lipinski definition) is 4. The van der Waals surface area contributed by atoms with E-state index in [1.807, 2.05) is 38.1 Å². The molecular formula is C16H17NO3S2. The highest BCUT2D eigenvalue weighted by Crippen LogP contribution is 2.34. The zero-order chi connectivity index (χ0) is 16.3. The second-order valence-electron chi connectivity index (χ2n) is 5.11. The second kappa shape index (κ2) is 7.07. The van der Waals surface area contributed by atoms with E-state index in [1.54, 1.807) is 6.08 Å². The molecule has 0 unspecified atom stereocenters. The molecule has 22 heavy (non-hydrogen) atoms. The van der Waals surface area contributed by atoms with Gasteiger partial charge in [-0.15, -0.1) is 0 Å². The van der Waals surface area contributed by atoms with Gasteiger partial charge >= 0.3 is 5.97 Å². The maximum absolute atomic E-state index is 12.5. The smallest absolute Gasteiger partial charge is 0.326 e. The summed E-state index contributed by atoms with van der Waals surface area (Å²) < 4.78 is 0.310. The third kappa shape index (κ3) is 3.56. The highest BCUT2D eigenvalue weighted by atomic mass is 32.2. The first kappa shape index (κ1) is 16.7. The van der Waals surface area contributed by atoms with E-state index in [0.717, 1.165) is 22.9 Å². The number of amides is 1. The van der Waals surface area contributed by atoms with Crippen LogP contribution in [0, 0.1) is 6.92 Å². The van der Waals surface area contributed by atoms with Crippen LogP contribution in [0.4, 0.5) is 0 Å². The monoisotopic (exact) mass is 335 g/mol. The molecule has 2 rings (SSSR count). The number of thioether (sulfide) groups is 1. The summed E-state index contributed by atoms with van der Waals surface area (Å²) in [6.07, 6.45) is 2.82. The number of carboxylic acids is 1. The van der Waals surface area contributed by atoms with Crippen molar-refractivity contribution in [2.75, 3.05) is 0 Å². The Kier molecular flexibility index (Phi) is 5.37. The zero-order valence-corrected chi connectivity index (χ0v) is 14.0. The van der Waals surface area contributed by atoms with E-state index in [4.69, 9.17) is 12.2 Å². The van der Waals surface area contributed by atoms with Crippen LogP contribution >= 0.6 is 24.0 Å². The van der Waals surface area contributed by atoms with Gasteiger partial charge < -0.3 is 5.11 Å². The minimum absolute atomic E-state index is 0.310. The van der Waals surface area contributed by atoms with Crippen molar-refractivity contribution < 1.29 is 14.7 Å². The zero-order valence-electron chi connectivity index (χ0n) is 12.4. The molecule has 1 saturated heterocycles. The highest BCUT2D eigenvalue weighted by Gasteiger charge is 2.39. The van der Waals surface area contributed by atoms with Gasteiger partial charge in [-0.1, -0.05) is 67.2 Å². The molecule has 1 aromatic rings. The summed E-state index contributed by atoms with van der Waals surface area (Å²) in [5.74, 6) is -1.34. The van der Waals surface area contributed by atoms with Gasteiger partial charge in [0.05, 0.1) is 4.91 Å². The highest BCUT2D eigenvalue weighted by molar-refractivity contribution is 8.26. The van der Waals surface area contributed by atoms with Crippen LogP contribution in [0.25, 0.3) is 6.08 Å². The lowest BCUT2D eigenvalue weighted by Crippen LogP contribution is -2.43. The standard InChI is InChI=1S/C16H17NO3S2/c1-3-5-12(15(19)20)17-14(18)13(22-16(17)21)9-11-7-4-6-10(2)8-11/h4,6-9,12H,3,5H2,1-2H3,(H,19,20)/b13-9-/t12-/m1/s1. The van der Waals surface area contributed by atoms with E-state index in [9.17, 15) is 14.7 Å². The van der Waals surface area contributed by atoms with Crippen LogP contribution in [-0.2, 0) is 9.59 Å². The fourth-order valence-electron chi connectivity index (χ4n) is 2.30. The average Bonchev–Trinajstić information content (AvgIpc) is 2.71. The van der Waals surface area contributed by atoms with E-state index in [1.165, 1.54) is 4.90 Å². The number of rotatable bonds is 5. The van der Waals surface area contributed by atoms with Gasteiger partial charge in [-0.2, -0.15) is 0 Å². The summed E-state index contributed by atoms with van der Waals surface area (Å²) in [5.41, 5.74) is 2.00. The van der Waals surface area contributed by atoms with Crippen LogP contribution in [0.15, 0.2) is 29.2 Å². The van der Waals surface area contributed by atoms with Gasteiger partial charge in [0.15, 0.2) is 0 Å². The van der Waals surface area contributed by atoms with Crippen molar-refractivity contribution in [3.63, 3.8) is 0 Å². The Labute approximate surface area is 139 Å². The number of carbonyl (C=O) groups is 2. The topological polar surface area (TPSA) is 57.6 Å². The molecule has 1 N–H and O–H groups in total. The fourth-order valence-corrected chi connectivity index (χ4v) is 3.65. The fraction of sp³-hybridized carbons (Fsp3) is 0.312. The van der Waals surface area contributed by atoms with E-state index in [-0.39, 0.29) is 5.91 Å². The first-order valence-electron chi connectivity index (χ1n) is 7.00. The van der Waals surface area contributed by atoms with Crippen molar-refractivity contribution in [2.45, 2.75) is 32.7 Å². The van der Waals surface area contributed by atoms with Gasteiger partial charge in [0.1, 0.15) is 10.4 Å². The maximum Gasteiger partial charge on any atom is 0.326 e. The van der Waals surface area contributed by atoms with Crippen LogP contribution in [0.3, 0.4) is 0 Å². The molecular weight excluding hydrogens is 318 g/mol. The predicted molar refractivity (Wildman–Crippen MR) is 92.5 cm³/mol. The lowest BCUT2D eigenvalue weighted by Gasteiger charge is -2.22. The Hall–Kier alpha value is -1.66. The minimum atomic E-state index is -1.02. The molecule has 0 radical (unpaired) electrons. The molecule has 1 fully saturated rings. The van der Waals surface area contributed by atoms with Gasteiger partial charge in [-0.3, -0.25) is 9.69 Å². The summed E-state index contributed by atoms with van der Waals surface area (Å²) in [6.45, 7) is 3.86. The second-order valence-corrected chi connectivity index (χ2v) is 6.78. The molecule has 1 aliphatic heterocycles. The number of nitrogens with zero attached hydrogens (tertiary/aromatic N) is 1. The Morgan fingerprint density at radius 1 is 1.50 bits per heavy atom. The van der Waals surface area contributed by atoms with E-state index >= 15 is 0 Å². The maximum atomic E-state index is 12.5. The summed E-state index contributed by atoms with van der Waals surface area (Å²) in [6, 6.07) is 6.87. The molecule has 0 spiro atoms. The molecule has 1 aromatic carbocycles. The Morgan fingerprint density at radius 3 is 2.82 bits per heavy atom. The van der Waals surface area contributed by atoms with Crippen molar-refractivity contribution in [2.24, 2.45) is 0 Å². The van der Waals surface area contributed by atoms with Gasteiger partial charge in [0.2, 0.25) is 0 Å². The molecule has 116 valence electrons. The molecule has 6 heteroatoms. The first-order chi connectivity index (χ1) is 10.4. The van der Waals surface area contributed by atoms with E-state index in [0.29, 0.717) is 22.1 Å². The van der Waals surface area contributed by atoms with Gasteiger partial charge in [-0.25, -0.2) is 4.79 Å². The van der Waals surface area contributed by atoms with Crippen LogP contribution < -0.4 is 0 Å². The van der Waals surface area contributed by atoms with Crippen LogP contribution in [-0.4, -0.2) is 32.2 Å². The Bertz CT molecular complexity index is 655. The average molecular weight is 335 g/mol. The Morgan fingerprint density at radius 2 is 2.23 bits per heavy atom. The van der Waals surface area contributed by atoms with Gasteiger partial charge in [0, 0.05) is 0 Å². The molecule has 0 aliphatic carbocycles. The number of benzene rings is 1. The summed E-state index contributed by atoms with van der Waals surface area (Å²) in [7, 11) is 0. The van der Waals surface area contributed by atoms with Crippen molar-refractivity contribution in [1.29, 1.82) is 0 Å². The van der Waals surface area contributed by atoms with Crippen molar-refractivity contribution >= 4 is 46.3 Å². The third-order valence-electron chi connectivity index (χ3n) is 3.32. The Balaban J connectivity index is 2.30. The van der Waals surface area contributed by atoms with Gasteiger partial charge in [-0.05, 0) is 25.0 Å². The molecule has 0 saturated carbocycles. The van der Waals surface area contributed by atoms with Gasteiger partial charge in [0.25, 0.3) is 5.91 Å². The molecule has 4 nitrogen and oxygen atoms in total. The lowest BCUT2D eigenvalue weighted by atomic mass is 10.1. The molecule has 1 heterocycles. The first-order valence-corrected chi connectivity index (χ1v) is 8.23. The lowest BCUT2D eigenvalue weighted by molar-refractivity contribution is -0.145. The molecule has 0 aromatic heterocycles. The van der Waals surface area contributed by atoms with Crippen molar-refractivity contribution in [1.82, 2.24) is 4.90 Å². The normalized spacial score (nSPS) is 18.1. The van der Waals surface area contributed by atoms with Crippen molar-refractivity contribution in [3.05, 3.63) is 40.3 Å². The summed E-state index contributed by atoms with van der Waals surface area (Å²) in [4.78, 5) is 25.6. The molecule has 1 amide bonds. The molecule has 1 aliphatic rings. The van der Waals surface area contributed by atoms with E-state index in [2.05, 4.69) is 0 Å². The number of carbonyl (C=O) groups excluding carboxylic acids is 1. The number of aryl methyl sites for hydroxylation is 1. The van der Waals surface area contributed by atoms with Crippen LogP contribution in [0.5, 0.6) is 0 Å². The number of carboxylic acid groups (broad SMARTS) is 1. The largest absolute Gasteiger partial charge is 0.480 e. The quantitative estimate of drug-likeness (QED) is 0.660. The minimum Gasteiger partial charge on any atom is -0.480 e. The van der Waals surface area contributed by atoms with Crippen LogP contribution in [0.2, 0.25) is 0 Å². The SMILES string of the molecule is CCC[C@H](C(=O)O)N1C(=O)/C(=C/c2cccc(C)c2)SC1=S. The summed E-state index contributed by atoms with van der Waals surface area (Å²) in [5, 5.41) is 9.33. The van der Waals surface area contributed by atoms with E-state index < -0.39 is 12.0 Å². The summed E-state index contributed by atoms with van der Waals surface area (Å²) >= 11 is 6.37. The van der Waals surface area contributed by atoms with Crippen molar-refractivity contribution in [3.8, 4) is 0 Å².